The molecule has 3 rings (SSSR count). The predicted molar refractivity (Wildman–Crippen MR) is 118 cm³/mol. The highest BCUT2D eigenvalue weighted by atomic mass is 19.1. The van der Waals surface area contributed by atoms with E-state index in [4.69, 9.17) is 19.9 Å². The zero-order valence-corrected chi connectivity index (χ0v) is 19.1. The average Bonchev–Trinajstić information content (AvgIpc) is 3.07. The average molecular weight is 462 g/mol. The Balaban J connectivity index is 1.91. The van der Waals surface area contributed by atoms with Gasteiger partial charge in [-0.25, -0.2) is 18.6 Å². The number of nitrogens with two attached hydrogens (primary N) is 1. The van der Waals surface area contributed by atoms with Crippen molar-refractivity contribution in [3.8, 4) is 11.6 Å². The number of carbonyl (C=O) groups excluding carboxylic acids is 1. The Labute approximate surface area is 190 Å². The van der Waals surface area contributed by atoms with Crippen molar-refractivity contribution in [3.63, 3.8) is 0 Å². The van der Waals surface area contributed by atoms with Crippen LogP contribution in [0, 0.1) is 18.6 Å². The Morgan fingerprint density at radius 3 is 2.61 bits per heavy atom. The standard InChI is InChI=1S/C23H28F2N4O4/c1-5-23(3,26)13-27-22(30)33-21-14(2)28-20-19(9-15(11-31-4)10-29(20)21)32-12-16-17(24)7-6-8-18(16)25/h6-10H,5,11-13,26H2,1-4H3,(H,27,30). The smallest absolute Gasteiger partial charge is 0.414 e. The van der Waals surface area contributed by atoms with E-state index >= 15 is 0 Å². The lowest BCUT2D eigenvalue weighted by Crippen LogP contribution is -2.47. The van der Waals surface area contributed by atoms with Crippen LogP contribution in [0.3, 0.4) is 0 Å². The maximum atomic E-state index is 14.0. The number of amides is 1. The molecule has 1 unspecified atom stereocenters. The lowest BCUT2D eigenvalue weighted by atomic mass is 10.0. The summed E-state index contributed by atoms with van der Waals surface area (Å²) in [6.07, 6.45) is 1.68. The number of hydrogen-bond acceptors (Lipinski definition) is 6. The van der Waals surface area contributed by atoms with Crippen molar-refractivity contribution >= 4 is 11.7 Å². The molecule has 1 amide bonds. The van der Waals surface area contributed by atoms with Gasteiger partial charge < -0.3 is 25.3 Å². The van der Waals surface area contributed by atoms with E-state index in [1.165, 1.54) is 17.6 Å². The fourth-order valence-corrected chi connectivity index (χ4v) is 3.08. The van der Waals surface area contributed by atoms with Crippen molar-refractivity contribution in [3.05, 3.63) is 58.9 Å². The van der Waals surface area contributed by atoms with Crippen LogP contribution < -0.4 is 20.5 Å². The number of pyridine rings is 1. The van der Waals surface area contributed by atoms with Crippen LogP contribution in [0.25, 0.3) is 5.65 Å². The monoisotopic (exact) mass is 462 g/mol. The number of imidazole rings is 1. The molecule has 33 heavy (non-hydrogen) atoms. The molecule has 0 aliphatic carbocycles. The van der Waals surface area contributed by atoms with E-state index < -0.39 is 23.3 Å². The summed E-state index contributed by atoms with van der Waals surface area (Å²) in [4.78, 5) is 16.8. The van der Waals surface area contributed by atoms with Gasteiger partial charge in [-0.05, 0) is 44.0 Å². The fourth-order valence-electron chi connectivity index (χ4n) is 3.08. The first kappa shape index (κ1) is 24.4. The Hall–Kier alpha value is -3.24. The number of halogens is 2. The molecule has 1 atom stereocenters. The molecule has 3 N–H and O–H groups in total. The van der Waals surface area contributed by atoms with Crippen LogP contribution in [0.4, 0.5) is 13.6 Å². The number of benzene rings is 1. The van der Waals surface area contributed by atoms with Crippen LogP contribution >= 0.6 is 0 Å². The van der Waals surface area contributed by atoms with Crippen LogP contribution in [-0.2, 0) is 18.0 Å². The number of ether oxygens (including phenoxy) is 3. The summed E-state index contributed by atoms with van der Waals surface area (Å²) in [6.45, 7) is 5.53. The maximum absolute atomic E-state index is 14.0. The molecule has 1 aromatic carbocycles. The predicted octanol–water partition coefficient (Wildman–Crippen LogP) is 3.86. The van der Waals surface area contributed by atoms with Gasteiger partial charge in [-0.3, -0.25) is 4.40 Å². The highest BCUT2D eigenvalue weighted by Crippen LogP contribution is 2.30. The van der Waals surface area contributed by atoms with Crippen molar-refractivity contribution in [2.75, 3.05) is 13.7 Å². The minimum Gasteiger partial charge on any atom is -0.485 e. The third-order valence-electron chi connectivity index (χ3n) is 5.24. The molecule has 0 fully saturated rings. The molecule has 0 bridgehead atoms. The van der Waals surface area contributed by atoms with Gasteiger partial charge in [-0.15, -0.1) is 0 Å². The second kappa shape index (κ2) is 10.1. The molecule has 0 aliphatic rings. The van der Waals surface area contributed by atoms with Gasteiger partial charge in [0.25, 0.3) is 0 Å². The third kappa shape index (κ3) is 5.77. The first-order chi connectivity index (χ1) is 15.6. The van der Waals surface area contributed by atoms with E-state index in [1.54, 1.807) is 19.2 Å². The summed E-state index contributed by atoms with van der Waals surface area (Å²) in [5.41, 5.74) is 6.72. The molecule has 0 aliphatic heterocycles. The van der Waals surface area contributed by atoms with Crippen molar-refractivity contribution in [2.45, 2.75) is 45.9 Å². The minimum atomic E-state index is -0.710. The summed E-state index contributed by atoms with van der Waals surface area (Å²) in [5.74, 6) is -0.986. The van der Waals surface area contributed by atoms with Gasteiger partial charge in [0.1, 0.15) is 23.9 Å². The van der Waals surface area contributed by atoms with Crippen LogP contribution in [-0.4, -0.2) is 34.7 Å². The molecular weight excluding hydrogens is 434 g/mol. The zero-order chi connectivity index (χ0) is 24.2. The number of hydrogen-bond donors (Lipinski definition) is 2. The van der Waals surface area contributed by atoms with Crippen LogP contribution in [0.1, 0.15) is 37.1 Å². The largest absolute Gasteiger partial charge is 0.485 e. The van der Waals surface area contributed by atoms with Crippen LogP contribution in [0.5, 0.6) is 11.6 Å². The summed E-state index contributed by atoms with van der Waals surface area (Å²) in [7, 11) is 1.53. The summed E-state index contributed by atoms with van der Waals surface area (Å²) < 4.78 is 46.0. The Morgan fingerprint density at radius 1 is 1.27 bits per heavy atom. The molecule has 0 saturated heterocycles. The van der Waals surface area contributed by atoms with E-state index in [0.717, 1.165) is 12.1 Å². The SMILES string of the molecule is CCC(C)(N)CNC(=O)Oc1c(C)nc2c(OCc3c(F)cccc3F)cc(COC)cn12. The molecular formula is C23H28F2N4O4. The van der Waals surface area contributed by atoms with Crippen molar-refractivity contribution in [2.24, 2.45) is 5.73 Å². The highest BCUT2D eigenvalue weighted by Gasteiger charge is 2.21. The van der Waals surface area contributed by atoms with Gasteiger partial charge in [0.05, 0.1) is 12.2 Å². The second-order valence-electron chi connectivity index (χ2n) is 8.08. The third-order valence-corrected chi connectivity index (χ3v) is 5.24. The number of aromatic nitrogens is 2. The molecule has 2 aromatic heterocycles. The van der Waals surface area contributed by atoms with E-state index in [2.05, 4.69) is 10.3 Å². The first-order valence-electron chi connectivity index (χ1n) is 10.5. The minimum absolute atomic E-state index is 0.178. The number of carbonyl (C=O) groups is 1. The lowest BCUT2D eigenvalue weighted by molar-refractivity contribution is 0.183. The van der Waals surface area contributed by atoms with Gasteiger partial charge in [-0.1, -0.05) is 13.0 Å². The van der Waals surface area contributed by atoms with Crippen molar-refractivity contribution in [1.82, 2.24) is 14.7 Å². The summed E-state index contributed by atoms with van der Waals surface area (Å²) >= 11 is 0. The maximum Gasteiger partial charge on any atom is 0.414 e. The topological polar surface area (TPSA) is 100 Å². The van der Waals surface area contributed by atoms with E-state index in [-0.39, 0.29) is 37.0 Å². The molecule has 2 heterocycles. The molecule has 178 valence electrons. The van der Waals surface area contributed by atoms with Crippen LogP contribution in [0.15, 0.2) is 30.5 Å². The van der Waals surface area contributed by atoms with Gasteiger partial charge in [0, 0.05) is 25.4 Å². The van der Waals surface area contributed by atoms with Crippen LogP contribution in [0.2, 0.25) is 0 Å². The number of nitrogens with one attached hydrogen (secondary N) is 1. The van der Waals surface area contributed by atoms with E-state index in [9.17, 15) is 13.6 Å². The zero-order valence-electron chi connectivity index (χ0n) is 19.1. The Morgan fingerprint density at radius 2 is 1.97 bits per heavy atom. The highest BCUT2D eigenvalue weighted by molar-refractivity contribution is 5.71. The Kier molecular flexibility index (Phi) is 7.50. The normalized spacial score (nSPS) is 13.1. The quantitative estimate of drug-likeness (QED) is 0.501. The molecule has 0 radical (unpaired) electrons. The van der Waals surface area contributed by atoms with Gasteiger partial charge in [0.15, 0.2) is 11.4 Å². The van der Waals surface area contributed by atoms with E-state index in [0.29, 0.717) is 23.3 Å². The number of nitrogens with zero attached hydrogens (tertiary/aromatic N) is 2. The van der Waals surface area contributed by atoms with Crippen molar-refractivity contribution < 1.29 is 27.8 Å². The molecule has 3 aromatic rings. The number of aryl methyl sites for hydroxylation is 1. The molecule has 8 nitrogen and oxygen atoms in total. The van der Waals surface area contributed by atoms with Gasteiger partial charge >= 0.3 is 6.09 Å². The second-order valence-corrected chi connectivity index (χ2v) is 8.08. The molecule has 10 heteroatoms. The number of fused-ring (bicyclic) bond motifs is 1. The van der Waals surface area contributed by atoms with Gasteiger partial charge in [0.2, 0.25) is 5.88 Å². The Bertz CT molecular complexity index is 1130. The summed E-state index contributed by atoms with van der Waals surface area (Å²) in [5, 5.41) is 2.65. The van der Waals surface area contributed by atoms with Crippen molar-refractivity contribution in [1.29, 1.82) is 0 Å². The summed E-state index contributed by atoms with van der Waals surface area (Å²) in [6, 6.07) is 5.27. The van der Waals surface area contributed by atoms with E-state index in [1.807, 2.05) is 13.8 Å². The fraction of sp³-hybridized carbons (Fsp3) is 0.391. The number of methoxy groups -OCH3 is 1. The lowest BCUT2D eigenvalue weighted by Gasteiger charge is -2.22. The molecule has 0 saturated carbocycles. The first-order valence-corrected chi connectivity index (χ1v) is 10.5. The van der Waals surface area contributed by atoms with Gasteiger partial charge in [-0.2, -0.15) is 0 Å². The number of rotatable bonds is 9. The molecule has 0 spiro atoms.